The Morgan fingerprint density at radius 3 is 2.80 bits per heavy atom. The molecule has 0 aliphatic carbocycles. The number of aliphatic hydroxyl groups is 3. The summed E-state index contributed by atoms with van der Waals surface area (Å²) in [5.41, 5.74) is 3.96. The molecule has 1 aromatic carbocycles. The van der Waals surface area contributed by atoms with Gasteiger partial charge in [0, 0.05) is 30.1 Å². The van der Waals surface area contributed by atoms with Crippen molar-refractivity contribution in [1.29, 1.82) is 0 Å². The number of carbonyl (C=O) groups is 1. The quantitative estimate of drug-likeness (QED) is 0.198. The normalized spacial score (nSPS) is 22.3. The molecule has 1 aliphatic heterocycles. The topological polar surface area (TPSA) is 179 Å². The molecular weight excluding hydrogens is 456 g/mol. The highest BCUT2D eigenvalue weighted by atomic mass is 16.6. The van der Waals surface area contributed by atoms with E-state index in [1.165, 1.54) is 17.2 Å². The van der Waals surface area contributed by atoms with Crippen LogP contribution in [0.5, 0.6) is 0 Å². The number of imidazole rings is 1. The number of H-pyrrole nitrogens is 1. The highest BCUT2D eigenvalue weighted by Crippen LogP contribution is 2.32. The van der Waals surface area contributed by atoms with Crippen molar-refractivity contribution in [3.8, 4) is 0 Å². The van der Waals surface area contributed by atoms with Crippen LogP contribution in [0.25, 0.3) is 22.1 Å². The maximum Gasteiger partial charge on any atom is 0.303 e. The Bertz CT molecular complexity index is 1350. The van der Waals surface area contributed by atoms with E-state index >= 15 is 0 Å². The lowest BCUT2D eigenvalue weighted by Crippen LogP contribution is -2.33. The maximum atomic E-state index is 10.9. The van der Waals surface area contributed by atoms with Gasteiger partial charge in [-0.25, -0.2) is 15.0 Å². The molecule has 0 unspecified atom stereocenters. The average molecular weight is 482 g/mol. The molecule has 3 aromatic heterocycles. The van der Waals surface area contributed by atoms with Crippen molar-refractivity contribution < 1.29 is 30.0 Å². The molecule has 12 heteroatoms. The third-order valence-corrected chi connectivity index (χ3v) is 6.30. The number of ether oxygens (including phenoxy) is 1. The van der Waals surface area contributed by atoms with Gasteiger partial charge in [0.2, 0.25) is 0 Å². The molecule has 1 fully saturated rings. The molecule has 0 amide bonds. The van der Waals surface area contributed by atoms with Gasteiger partial charge in [-0.3, -0.25) is 9.36 Å². The number of aromatic nitrogens is 5. The summed E-state index contributed by atoms with van der Waals surface area (Å²) in [4.78, 5) is 27.1. The highest BCUT2D eigenvalue weighted by molar-refractivity contribution is 5.85. The van der Waals surface area contributed by atoms with Gasteiger partial charge in [-0.1, -0.05) is 6.07 Å². The van der Waals surface area contributed by atoms with E-state index in [0.717, 1.165) is 22.0 Å². The average Bonchev–Trinajstić information content (AvgIpc) is 3.54. The molecule has 12 nitrogen and oxygen atoms in total. The van der Waals surface area contributed by atoms with Gasteiger partial charge in [-0.05, 0) is 36.1 Å². The van der Waals surface area contributed by atoms with E-state index in [4.69, 9.17) is 9.84 Å². The van der Waals surface area contributed by atoms with Crippen LogP contribution < -0.4 is 5.32 Å². The summed E-state index contributed by atoms with van der Waals surface area (Å²) in [5, 5.41) is 43.0. The fourth-order valence-electron chi connectivity index (χ4n) is 4.43. The van der Waals surface area contributed by atoms with Crippen molar-refractivity contribution in [3.05, 3.63) is 48.2 Å². The summed E-state index contributed by atoms with van der Waals surface area (Å²) < 4.78 is 7.11. The highest BCUT2D eigenvalue weighted by Gasteiger charge is 2.44. The second kappa shape index (κ2) is 9.58. The van der Waals surface area contributed by atoms with E-state index in [9.17, 15) is 20.1 Å². The number of hydrogen-bond donors (Lipinski definition) is 6. The zero-order valence-corrected chi connectivity index (χ0v) is 18.7. The third-order valence-electron chi connectivity index (χ3n) is 6.30. The first-order valence-electron chi connectivity index (χ1n) is 11.3. The number of rotatable bonds is 9. The summed E-state index contributed by atoms with van der Waals surface area (Å²) in [6.07, 6.45) is 1.75. The molecule has 0 spiro atoms. The number of hydrogen-bond acceptors (Lipinski definition) is 9. The van der Waals surface area contributed by atoms with Crippen LogP contribution in [0.4, 0.5) is 5.82 Å². The Hall–Kier alpha value is -3.58. The van der Waals surface area contributed by atoms with Gasteiger partial charge in [0.1, 0.15) is 24.6 Å². The van der Waals surface area contributed by atoms with E-state index in [2.05, 4.69) is 25.3 Å². The molecule has 4 atom stereocenters. The van der Waals surface area contributed by atoms with Gasteiger partial charge in [0.25, 0.3) is 0 Å². The van der Waals surface area contributed by atoms with Gasteiger partial charge in [-0.2, -0.15) is 0 Å². The minimum atomic E-state index is -1.24. The molecular formula is C23H26N6O6. The number of anilines is 1. The first kappa shape index (κ1) is 23.2. The Morgan fingerprint density at radius 2 is 2.03 bits per heavy atom. The van der Waals surface area contributed by atoms with E-state index in [0.29, 0.717) is 36.4 Å². The number of benzene rings is 1. The zero-order chi connectivity index (χ0) is 24.5. The Balaban J connectivity index is 1.30. The number of aliphatic hydroxyl groups excluding tert-OH is 3. The van der Waals surface area contributed by atoms with E-state index in [1.54, 1.807) is 0 Å². The van der Waals surface area contributed by atoms with Crippen LogP contribution in [0, 0.1) is 0 Å². The minimum Gasteiger partial charge on any atom is -0.481 e. The standard InChI is InChI=1S/C23H26N6O6/c30-9-16-19(33)20(34)23(35-16)29-11-28-18-21(26-10-27-22(18)29)24-6-5-13-8-25-15-3-1-12(7-14(13)15)2-4-17(31)32/h1,3,7-8,10-11,16,19-20,23,25,30,33-34H,2,4-6,9H2,(H,31,32)(H,24,26,27)/t16-,19-,20-,23-/m1/s1. The van der Waals surface area contributed by atoms with Crippen molar-refractivity contribution in [3.63, 3.8) is 0 Å². The van der Waals surface area contributed by atoms with Crippen LogP contribution in [-0.4, -0.2) is 82.4 Å². The number of aryl methyl sites for hydroxylation is 1. The van der Waals surface area contributed by atoms with Crippen LogP contribution in [0.1, 0.15) is 23.8 Å². The van der Waals surface area contributed by atoms with Crippen molar-refractivity contribution in [2.24, 2.45) is 0 Å². The summed E-state index contributed by atoms with van der Waals surface area (Å²) in [5.74, 6) is -0.303. The van der Waals surface area contributed by atoms with Gasteiger partial charge in [0.05, 0.1) is 12.9 Å². The molecule has 1 aliphatic rings. The summed E-state index contributed by atoms with van der Waals surface area (Å²) in [7, 11) is 0. The predicted molar refractivity (Wildman–Crippen MR) is 125 cm³/mol. The number of aliphatic carboxylic acids is 1. The van der Waals surface area contributed by atoms with Crippen molar-refractivity contribution in [2.45, 2.75) is 43.8 Å². The van der Waals surface area contributed by atoms with Crippen molar-refractivity contribution in [1.82, 2.24) is 24.5 Å². The van der Waals surface area contributed by atoms with Crippen LogP contribution in [-0.2, 0) is 22.4 Å². The summed E-state index contributed by atoms with van der Waals surface area (Å²) >= 11 is 0. The van der Waals surface area contributed by atoms with Crippen LogP contribution in [0.15, 0.2) is 37.1 Å². The number of carboxylic acid groups (broad SMARTS) is 1. The van der Waals surface area contributed by atoms with E-state index < -0.39 is 37.1 Å². The first-order chi connectivity index (χ1) is 17.0. The number of aromatic amines is 1. The smallest absolute Gasteiger partial charge is 0.303 e. The number of carboxylic acids is 1. The molecule has 184 valence electrons. The SMILES string of the molecule is O=C(O)CCc1ccc2[nH]cc(CCNc3ncnc4c3ncn4[C@@H]3O[C@H](CO)[C@@H](O)[C@H]3O)c2c1. The predicted octanol–water partition coefficient (Wildman–Crippen LogP) is 0.591. The van der Waals surface area contributed by atoms with Crippen LogP contribution >= 0.6 is 0 Å². The minimum absolute atomic E-state index is 0.0890. The molecule has 4 heterocycles. The largest absolute Gasteiger partial charge is 0.481 e. The molecule has 4 aromatic rings. The second-order valence-corrected chi connectivity index (χ2v) is 8.54. The van der Waals surface area contributed by atoms with Crippen molar-refractivity contribution in [2.75, 3.05) is 18.5 Å². The third kappa shape index (κ3) is 4.44. The molecule has 1 saturated heterocycles. The second-order valence-electron chi connectivity index (χ2n) is 8.54. The van der Waals surface area contributed by atoms with Crippen LogP contribution in [0.2, 0.25) is 0 Å². The van der Waals surface area contributed by atoms with Crippen molar-refractivity contribution >= 4 is 33.9 Å². The van der Waals surface area contributed by atoms with Crippen LogP contribution in [0.3, 0.4) is 0 Å². The molecule has 5 rings (SSSR count). The number of fused-ring (bicyclic) bond motifs is 2. The van der Waals surface area contributed by atoms with E-state index in [1.807, 2.05) is 24.4 Å². The Labute approximate surface area is 199 Å². The molecule has 0 saturated carbocycles. The Kier molecular flexibility index (Phi) is 6.34. The summed E-state index contributed by atoms with van der Waals surface area (Å²) in [6.45, 7) is 0.136. The van der Waals surface area contributed by atoms with Gasteiger partial charge in [-0.15, -0.1) is 0 Å². The van der Waals surface area contributed by atoms with E-state index in [-0.39, 0.29) is 6.42 Å². The van der Waals surface area contributed by atoms with Gasteiger partial charge >= 0.3 is 5.97 Å². The Morgan fingerprint density at radius 1 is 1.17 bits per heavy atom. The lowest BCUT2D eigenvalue weighted by atomic mass is 10.0. The zero-order valence-electron chi connectivity index (χ0n) is 18.7. The summed E-state index contributed by atoms with van der Waals surface area (Å²) in [6, 6.07) is 5.92. The number of nitrogens with one attached hydrogen (secondary N) is 2. The number of nitrogens with zero attached hydrogens (tertiary/aromatic N) is 4. The van der Waals surface area contributed by atoms with Gasteiger partial charge in [0.15, 0.2) is 23.2 Å². The lowest BCUT2D eigenvalue weighted by molar-refractivity contribution is -0.136. The first-order valence-corrected chi connectivity index (χ1v) is 11.3. The lowest BCUT2D eigenvalue weighted by Gasteiger charge is -2.16. The fraction of sp³-hybridized carbons (Fsp3) is 0.391. The van der Waals surface area contributed by atoms with Gasteiger partial charge < -0.3 is 35.5 Å². The maximum absolute atomic E-state index is 10.9. The fourth-order valence-corrected chi connectivity index (χ4v) is 4.43. The molecule has 0 radical (unpaired) electrons. The monoisotopic (exact) mass is 482 g/mol. The molecule has 35 heavy (non-hydrogen) atoms. The molecule has 6 N–H and O–H groups in total. The molecule has 0 bridgehead atoms.